The quantitative estimate of drug-likeness (QED) is 0.647. The molecule has 1 fully saturated rings. The lowest BCUT2D eigenvalue weighted by molar-refractivity contribution is -0.146. The van der Waals surface area contributed by atoms with Crippen molar-refractivity contribution in [3.05, 3.63) is 35.9 Å². The summed E-state index contributed by atoms with van der Waals surface area (Å²) in [6.07, 6.45) is 0. The number of carbonyl (C=O) groups excluding carboxylic acids is 2. The Hall–Kier alpha value is -2.06. The van der Waals surface area contributed by atoms with Crippen LogP contribution in [-0.4, -0.2) is 52.8 Å². The number of amides is 1. The maximum atomic E-state index is 12.3. The summed E-state index contributed by atoms with van der Waals surface area (Å²) in [5.74, 6) is -1.67. The Morgan fingerprint density at radius 2 is 2.09 bits per heavy atom. The molecule has 7 nitrogen and oxygen atoms in total. The predicted molar refractivity (Wildman–Crippen MR) is 85.1 cm³/mol. The van der Waals surface area contributed by atoms with Gasteiger partial charge in [-0.2, -0.15) is 0 Å². The maximum absolute atomic E-state index is 12.3. The molecule has 3 atom stereocenters. The molecule has 0 bridgehead atoms. The van der Waals surface area contributed by atoms with Crippen LogP contribution in [0.5, 0.6) is 0 Å². The van der Waals surface area contributed by atoms with Crippen LogP contribution in [0.3, 0.4) is 0 Å². The Balaban J connectivity index is 2.10. The van der Waals surface area contributed by atoms with Crippen LogP contribution in [0.2, 0.25) is 0 Å². The van der Waals surface area contributed by atoms with E-state index in [1.54, 1.807) is 37.3 Å². The van der Waals surface area contributed by atoms with Gasteiger partial charge in [0.1, 0.15) is 6.04 Å². The number of carboxylic acid groups (broad SMARTS) is 1. The van der Waals surface area contributed by atoms with E-state index in [0.717, 1.165) is 0 Å². The highest BCUT2D eigenvalue weighted by Gasteiger charge is 2.39. The zero-order chi connectivity index (χ0) is 16.8. The van der Waals surface area contributed by atoms with Crippen LogP contribution < -0.4 is 10.6 Å². The molecule has 124 valence electrons. The maximum Gasteiger partial charge on any atom is 0.331 e. The van der Waals surface area contributed by atoms with E-state index in [1.165, 1.54) is 11.8 Å². The van der Waals surface area contributed by atoms with Gasteiger partial charge in [0.15, 0.2) is 6.04 Å². The van der Waals surface area contributed by atoms with Crippen LogP contribution in [0.4, 0.5) is 0 Å². The van der Waals surface area contributed by atoms with E-state index in [1.807, 2.05) is 0 Å². The molecular formula is C15H18N2O5S. The van der Waals surface area contributed by atoms with Crippen LogP contribution in [0, 0.1) is 0 Å². The first-order valence-electron chi connectivity index (χ1n) is 7.16. The Morgan fingerprint density at radius 1 is 1.39 bits per heavy atom. The SMILES string of the molecule is CCOC(=O)[C@H](NC(=O)c1ccccc1)[C@H]1N[C@H](C(=O)O)CS1. The average Bonchev–Trinajstić information content (AvgIpc) is 3.03. The van der Waals surface area contributed by atoms with E-state index >= 15 is 0 Å². The van der Waals surface area contributed by atoms with Gasteiger partial charge in [-0.15, -0.1) is 11.8 Å². The third-order valence-corrected chi connectivity index (χ3v) is 4.56. The molecule has 0 aliphatic carbocycles. The first-order valence-corrected chi connectivity index (χ1v) is 8.20. The van der Waals surface area contributed by atoms with Crippen molar-refractivity contribution < 1.29 is 24.2 Å². The summed E-state index contributed by atoms with van der Waals surface area (Å²) < 4.78 is 4.99. The topological polar surface area (TPSA) is 105 Å². The van der Waals surface area contributed by atoms with E-state index in [-0.39, 0.29) is 6.61 Å². The zero-order valence-corrected chi connectivity index (χ0v) is 13.3. The van der Waals surface area contributed by atoms with Crippen molar-refractivity contribution in [1.29, 1.82) is 0 Å². The Kier molecular flexibility index (Phi) is 6.00. The summed E-state index contributed by atoms with van der Waals surface area (Å²) in [6.45, 7) is 1.85. The molecule has 1 heterocycles. The summed E-state index contributed by atoms with van der Waals surface area (Å²) in [5.41, 5.74) is 0.416. The molecule has 1 amide bonds. The number of aliphatic carboxylic acids is 1. The minimum absolute atomic E-state index is 0.177. The van der Waals surface area contributed by atoms with Crippen molar-refractivity contribution in [2.75, 3.05) is 12.4 Å². The number of nitrogens with one attached hydrogen (secondary N) is 2. The van der Waals surface area contributed by atoms with Crippen LogP contribution in [0.15, 0.2) is 30.3 Å². The van der Waals surface area contributed by atoms with Crippen molar-refractivity contribution in [2.45, 2.75) is 24.4 Å². The van der Waals surface area contributed by atoms with Crippen LogP contribution in [0.25, 0.3) is 0 Å². The van der Waals surface area contributed by atoms with E-state index in [2.05, 4.69) is 10.6 Å². The largest absolute Gasteiger partial charge is 0.480 e. The third kappa shape index (κ3) is 4.46. The molecule has 0 aromatic heterocycles. The number of hydrogen-bond donors (Lipinski definition) is 3. The van der Waals surface area contributed by atoms with Gasteiger partial charge in [-0.05, 0) is 19.1 Å². The number of benzene rings is 1. The van der Waals surface area contributed by atoms with Crippen LogP contribution in [-0.2, 0) is 14.3 Å². The second-order valence-electron chi connectivity index (χ2n) is 4.88. The molecule has 0 radical (unpaired) electrons. The molecule has 23 heavy (non-hydrogen) atoms. The van der Waals surface area contributed by atoms with E-state index in [9.17, 15) is 14.4 Å². The number of hydrogen-bond acceptors (Lipinski definition) is 6. The number of rotatable bonds is 6. The van der Waals surface area contributed by atoms with Crippen molar-refractivity contribution >= 4 is 29.6 Å². The molecule has 3 N–H and O–H groups in total. The molecule has 1 aromatic carbocycles. The predicted octanol–water partition coefficient (Wildman–Crippen LogP) is 0.464. The number of carbonyl (C=O) groups is 3. The van der Waals surface area contributed by atoms with E-state index < -0.39 is 35.3 Å². The lowest BCUT2D eigenvalue weighted by atomic mass is 10.2. The van der Waals surface area contributed by atoms with Gasteiger partial charge in [0, 0.05) is 11.3 Å². The van der Waals surface area contributed by atoms with Gasteiger partial charge in [-0.1, -0.05) is 18.2 Å². The van der Waals surface area contributed by atoms with Gasteiger partial charge in [-0.25, -0.2) is 4.79 Å². The number of esters is 1. The highest BCUT2D eigenvalue weighted by atomic mass is 32.2. The molecule has 1 aromatic rings. The van der Waals surface area contributed by atoms with Gasteiger partial charge in [0.05, 0.1) is 12.0 Å². The molecule has 1 aliphatic heterocycles. The number of thioether (sulfide) groups is 1. The number of carboxylic acids is 1. The van der Waals surface area contributed by atoms with Gasteiger partial charge in [0.2, 0.25) is 0 Å². The third-order valence-electron chi connectivity index (χ3n) is 3.27. The van der Waals surface area contributed by atoms with Gasteiger partial charge in [-0.3, -0.25) is 14.9 Å². The summed E-state index contributed by atoms with van der Waals surface area (Å²) in [7, 11) is 0. The fourth-order valence-corrected chi connectivity index (χ4v) is 3.40. The lowest BCUT2D eigenvalue weighted by Crippen LogP contribution is -2.53. The number of ether oxygens (including phenoxy) is 1. The van der Waals surface area contributed by atoms with Crippen molar-refractivity contribution in [3.63, 3.8) is 0 Å². The molecular weight excluding hydrogens is 320 g/mol. The fraction of sp³-hybridized carbons (Fsp3) is 0.400. The first-order chi connectivity index (χ1) is 11.0. The van der Waals surface area contributed by atoms with E-state index in [4.69, 9.17) is 9.84 Å². The van der Waals surface area contributed by atoms with Crippen LogP contribution >= 0.6 is 11.8 Å². The Morgan fingerprint density at radius 3 is 2.65 bits per heavy atom. The van der Waals surface area contributed by atoms with Gasteiger partial charge in [0.25, 0.3) is 5.91 Å². The molecule has 8 heteroatoms. The molecule has 0 unspecified atom stereocenters. The summed E-state index contributed by atoms with van der Waals surface area (Å²) in [5, 5.41) is 13.9. The van der Waals surface area contributed by atoms with Crippen molar-refractivity contribution in [1.82, 2.24) is 10.6 Å². The van der Waals surface area contributed by atoms with Crippen molar-refractivity contribution in [3.8, 4) is 0 Å². The van der Waals surface area contributed by atoms with E-state index in [0.29, 0.717) is 11.3 Å². The minimum atomic E-state index is -0.989. The molecule has 0 saturated carbocycles. The second kappa shape index (κ2) is 7.98. The molecule has 0 spiro atoms. The standard InChI is InChI=1S/C15H18N2O5S/c1-2-22-15(21)11(13-16-10(8-23-13)14(19)20)17-12(18)9-6-4-3-5-7-9/h3-7,10-11,13,16H,2,8H2,1H3,(H,17,18)(H,19,20)/t10-,11+,13-/m0/s1. The lowest BCUT2D eigenvalue weighted by Gasteiger charge is -2.23. The van der Waals surface area contributed by atoms with Crippen molar-refractivity contribution in [2.24, 2.45) is 0 Å². The first kappa shape index (κ1) is 17.3. The Labute approximate surface area is 137 Å². The second-order valence-corrected chi connectivity index (χ2v) is 6.06. The average molecular weight is 338 g/mol. The highest BCUT2D eigenvalue weighted by Crippen LogP contribution is 2.23. The Bertz CT molecular complexity index is 580. The van der Waals surface area contributed by atoms with Gasteiger partial charge < -0.3 is 15.2 Å². The van der Waals surface area contributed by atoms with Crippen LogP contribution in [0.1, 0.15) is 17.3 Å². The fourth-order valence-electron chi connectivity index (χ4n) is 2.13. The van der Waals surface area contributed by atoms with Gasteiger partial charge >= 0.3 is 11.9 Å². The minimum Gasteiger partial charge on any atom is -0.480 e. The molecule has 2 rings (SSSR count). The molecule has 1 aliphatic rings. The zero-order valence-electron chi connectivity index (χ0n) is 12.5. The summed E-state index contributed by atoms with van der Waals surface area (Å²) >= 11 is 1.27. The summed E-state index contributed by atoms with van der Waals surface area (Å²) in [6, 6.07) is 6.77. The normalized spacial score (nSPS) is 21.4. The summed E-state index contributed by atoms with van der Waals surface area (Å²) in [4.78, 5) is 35.4. The smallest absolute Gasteiger partial charge is 0.331 e. The molecule has 1 saturated heterocycles. The highest BCUT2D eigenvalue weighted by molar-refractivity contribution is 8.00. The monoisotopic (exact) mass is 338 g/mol.